The van der Waals surface area contributed by atoms with Gasteiger partial charge >= 0.3 is 5.97 Å². The molecular weight excluding hydrogens is 398 g/mol. The van der Waals surface area contributed by atoms with Gasteiger partial charge in [0.05, 0.1) is 18.5 Å². The highest BCUT2D eigenvalue weighted by atomic mass is 16.5. The van der Waals surface area contributed by atoms with Crippen LogP contribution in [-0.4, -0.2) is 40.0 Å². The quantitative estimate of drug-likeness (QED) is 0.539. The van der Waals surface area contributed by atoms with Gasteiger partial charge in [-0.2, -0.15) is 5.10 Å². The molecule has 8 heteroatoms. The van der Waals surface area contributed by atoms with Gasteiger partial charge in [0.15, 0.2) is 12.3 Å². The molecule has 8 nitrogen and oxygen atoms in total. The summed E-state index contributed by atoms with van der Waals surface area (Å²) in [7, 11) is 0. The highest BCUT2D eigenvalue weighted by Gasteiger charge is 2.19. The number of carbonyl (C=O) groups is 2. The van der Waals surface area contributed by atoms with E-state index < -0.39 is 24.0 Å². The van der Waals surface area contributed by atoms with Gasteiger partial charge < -0.3 is 15.2 Å². The number of anilines is 1. The summed E-state index contributed by atoms with van der Waals surface area (Å²) in [6, 6.07) is 14.0. The maximum Gasteiger partial charge on any atom is 0.359 e. The monoisotopic (exact) mass is 423 g/mol. The molecule has 0 aliphatic heterocycles. The maximum atomic E-state index is 12.7. The van der Waals surface area contributed by atoms with Gasteiger partial charge in [-0.3, -0.25) is 9.59 Å². The second-order valence-corrected chi connectivity index (χ2v) is 7.17. The van der Waals surface area contributed by atoms with Crippen LogP contribution >= 0.6 is 0 Å². The number of nitrogens with one attached hydrogen (secondary N) is 1. The van der Waals surface area contributed by atoms with Crippen molar-refractivity contribution in [1.82, 2.24) is 9.78 Å². The number of esters is 1. The van der Waals surface area contributed by atoms with Crippen LogP contribution in [0.15, 0.2) is 53.3 Å². The summed E-state index contributed by atoms with van der Waals surface area (Å²) in [5, 5.41) is 16.6. The van der Waals surface area contributed by atoms with E-state index in [1.54, 1.807) is 30.3 Å². The van der Waals surface area contributed by atoms with Crippen molar-refractivity contribution < 1.29 is 19.4 Å². The van der Waals surface area contributed by atoms with Crippen molar-refractivity contribution in [3.8, 4) is 0 Å². The SMILES string of the molecule is CC[C@H](C)c1ccccc1NC(=O)COC(=O)c1nn(CCO)c(=O)c2ccccc12. The average molecular weight is 423 g/mol. The number of aromatic nitrogens is 2. The number of carbonyl (C=O) groups excluding carboxylic acids is 2. The Kier molecular flexibility index (Phi) is 7.15. The average Bonchev–Trinajstić information content (AvgIpc) is 2.79. The highest BCUT2D eigenvalue weighted by molar-refractivity contribution is 6.03. The fourth-order valence-corrected chi connectivity index (χ4v) is 3.28. The molecule has 0 aliphatic rings. The normalized spacial score (nSPS) is 11.8. The summed E-state index contributed by atoms with van der Waals surface area (Å²) in [5.41, 5.74) is 1.18. The first-order valence-corrected chi connectivity index (χ1v) is 10.1. The summed E-state index contributed by atoms with van der Waals surface area (Å²) < 4.78 is 6.19. The molecule has 0 radical (unpaired) electrons. The first-order chi connectivity index (χ1) is 15.0. The van der Waals surface area contributed by atoms with E-state index in [-0.39, 0.29) is 30.1 Å². The Morgan fingerprint density at radius 2 is 1.81 bits per heavy atom. The molecule has 3 aromatic rings. The zero-order valence-electron chi connectivity index (χ0n) is 17.5. The third-order valence-corrected chi connectivity index (χ3v) is 5.09. The lowest BCUT2D eigenvalue weighted by molar-refractivity contribution is -0.119. The Hall–Kier alpha value is -3.52. The lowest BCUT2D eigenvalue weighted by Crippen LogP contribution is -2.28. The predicted octanol–water partition coefficient (Wildman–Crippen LogP) is 2.70. The Balaban J connectivity index is 1.77. The molecule has 2 N–H and O–H groups in total. The minimum absolute atomic E-state index is 0.0587. The van der Waals surface area contributed by atoms with Crippen LogP contribution in [0.3, 0.4) is 0 Å². The van der Waals surface area contributed by atoms with E-state index in [1.165, 1.54) is 0 Å². The smallest absolute Gasteiger partial charge is 0.359 e. The van der Waals surface area contributed by atoms with Gasteiger partial charge in [-0.25, -0.2) is 9.48 Å². The van der Waals surface area contributed by atoms with Crippen LogP contribution in [0.25, 0.3) is 10.8 Å². The van der Waals surface area contributed by atoms with Crippen molar-refractivity contribution >= 4 is 28.3 Å². The van der Waals surface area contributed by atoms with Gasteiger partial charge in [-0.1, -0.05) is 50.2 Å². The van der Waals surface area contributed by atoms with Crippen molar-refractivity contribution in [2.75, 3.05) is 18.5 Å². The predicted molar refractivity (Wildman–Crippen MR) is 117 cm³/mol. The zero-order chi connectivity index (χ0) is 22.4. The number of nitrogens with zero attached hydrogens (tertiary/aromatic N) is 2. The molecule has 31 heavy (non-hydrogen) atoms. The number of hydrogen-bond donors (Lipinski definition) is 2. The molecule has 1 atom stereocenters. The number of fused-ring (bicyclic) bond motifs is 1. The van der Waals surface area contributed by atoms with Crippen molar-refractivity contribution in [2.45, 2.75) is 32.7 Å². The van der Waals surface area contributed by atoms with Gasteiger partial charge in [0.1, 0.15) is 0 Å². The van der Waals surface area contributed by atoms with E-state index >= 15 is 0 Å². The van der Waals surface area contributed by atoms with Gasteiger partial charge in [-0.05, 0) is 30.0 Å². The summed E-state index contributed by atoms with van der Waals surface area (Å²) in [4.78, 5) is 37.5. The van der Waals surface area contributed by atoms with Crippen LogP contribution in [0.5, 0.6) is 0 Å². The minimum Gasteiger partial charge on any atom is -0.451 e. The third kappa shape index (κ3) is 4.97. The Morgan fingerprint density at radius 3 is 2.52 bits per heavy atom. The number of amides is 1. The zero-order valence-corrected chi connectivity index (χ0v) is 17.5. The van der Waals surface area contributed by atoms with Crippen LogP contribution in [0.4, 0.5) is 5.69 Å². The molecule has 0 saturated carbocycles. The van der Waals surface area contributed by atoms with Crippen LogP contribution in [0.2, 0.25) is 0 Å². The van der Waals surface area contributed by atoms with Crippen LogP contribution in [0, 0.1) is 0 Å². The van der Waals surface area contributed by atoms with E-state index in [9.17, 15) is 19.5 Å². The van der Waals surface area contributed by atoms with Crippen LogP contribution in [0.1, 0.15) is 42.2 Å². The van der Waals surface area contributed by atoms with Crippen LogP contribution in [-0.2, 0) is 16.1 Å². The molecule has 0 bridgehead atoms. The molecular formula is C23H25N3O5. The summed E-state index contributed by atoms with van der Waals surface area (Å²) in [6.07, 6.45) is 0.921. The largest absolute Gasteiger partial charge is 0.451 e. The number of aliphatic hydroxyl groups is 1. The molecule has 162 valence electrons. The topological polar surface area (TPSA) is 111 Å². The van der Waals surface area contributed by atoms with Crippen molar-refractivity contribution in [2.24, 2.45) is 0 Å². The number of ether oxygens (including phenoxy) is 1. The Bertz CT molecular complexity index is 1160. The number of benzene rings is 2. The maximum absolute atomic E-state index is 12.7. The first kappa shape index (κ1) is 22.2. The molecule has 1 aromatic heterocycles. The van der Waals surface area contributed by atoms with E-state index in [4.69, 9.17) is 4.74 Å². The summed E-state index contributed by atoms with van der Waals surface area (Å²) >= 11 is 0. The fourth-order valence-electron chi connectivity index (χ4n) is 3.28. The number of aliphatic hydroxyl groups excluding tert-OH is 1. The van der Waals surface area contributed by atoms with Crippen molar-refractivity contribution in [3.63, 3.8) is 0 Å². The molecule has 1 amide bonds. The molecule has 0 saturated heterocycles. The standard InChI is InChI=1S/C23H25N3O5/c1-3-15(2)16-8-6-7-11-19(16)24-20(28)14-31-23(30)21-17-9-4-5-10-18(17)22(29)26(25-21)12-13-27/h4-11,15,27H,3,12-14H2,1-2H3,(H,24,28)/t15-/m0/s1. The first-order valence-electron chi connectivity index (χ1n) is 10.1. The Morgan fingerprint density at radius 1 is 1.13 bits per heavy atom. The van der Waals surface area contributed by atoms with E-state index in [0.29, 0.717) is 11.1 Å². The summed E-state index contributed by atoms with van der Waals surface area (Å²) in [6.45, 7) is 3.28. The van der Waals surface area contributed by atoms with Gasteiger partial charge in [0, 0.05) is 11.1 Å². The second-order valence-electron chi connectivity index (χ2n) is 7.17. The van der Waals surface area contributed by atoms with Gasteiger partial charge in [0.25, 0.3) is 11.5 Å². The van der Waals surface area contributed by atoms with E-state index in [0.717, 1.165) is 16.7 Å². The molecule has 0 spiro atoms. The Labute approximate surface area is 179 Å². The molecule has 2 aromatic carbocycles. The lowest BCUT2D eigenvalue weighted by Gasteiger charge is -2.15. The van der Waals surface area contributed by atoms with E-state index in [1.807, 2.05) is 18.2 Å². The minimum atomic E-state index is -0.826. The second kappa shape index (κ2) is 9.99. The van der Waals surface area contributed by atoms with Crippen molar-refractivity contribution in [1.29, 1.82) is 0 Å². The molecule has 0 fully saturated rings. The van der Waals surface area contributed by atoms with Gasteiger partial charge in [-0.15, -0.1) is 0 Å². The molecule has 3 rings (SSSR count). The third-order valence-electron chi connectivity index (χ3n) is 5.09. The molecule has 1 heterocycles. The highest BCUT2D eigenvalue weighted by Crippen LogP contribution is 2.26. The fraction of sp³-hybridized carbons (Fsp3) is 0.304. The number of para-hydroxylation sites is 1. The summed E-state index contributed by atoms with van der Waals surface area (Å²) in [5.74, 6) is -1.03. The van der Waals surface area contributed by atoms with Crippen LogP contribution < -0.4 is 10.9 Å². The number of hydrogen-bond acceptors (Lipinski definition) is 6. The lowest BCUT2D eigenvalue weighted by atomic mass is 9.97. The molecule has 0 unspecified atom stereocenters. The molecule has 0 aliphatic carbocycles. The van der Waals surface area contributed by atoms with E-state index in [2.05, 4.69) is 24.3 Å². The number of rotatable bonds is 8. The van der Waals surface area contributed by atoms with Crippen molar-refractivity contribution in [3.05, 3.63) is 70.1 Å². The van der Waals surface area contributed by atoms with Gasteiger partial charge in [0.2, 0.25) is 0 Å².